The Labute approximate surface area is 72.6 Å². The van der Waals surface area contributed by atoms with Crippen molar-refractivity contribution in [1.29, 1.82) is 0 Å². The molecule has 0 amide bonds. The standard InChI is InChI=1S/C9H15N3/c1-6(2)9-7-5-11-12-8(7)3-4-10-9/h5-6,9-10H,3-4H2,1-2H3,(H,11,12). The third-order valence-corrected chi connectivity index (χ3v) is 2.48. The fourth-order valence-corrected chi connectivity index (χ4v) is 1.85. The highest BCUT2D eigenvalue weighted by Gasteiger charge is 2.23. The topological polar surface area (TPSA) is 40.7 Å². The second-order valence-corrected chi connectivity index (χ2v) is 3.71. The van der Waals surface area contributed by atoms with Crippen LogP contribution in [0.5, 0.6) is 0 Å². The number of H-pyrrole nitrogens is 1. The van der Waals surface area contributed by atoms with Crippen LogP contribution in [0, 0.1) is 5.92 Å². The van der Waals surface area contributed by atoms with Crippen LogP contribution in [0.2, 0.25) is 0 Å². The minimum absolute atomic E-state index is 0.493. The van der Waals surface area contributed by atoms with Crippen molar-refractivity contribution >= 4 is 0 Å². The minimum Gasteiger partial charge on any atom is -0.309 e. The normalized spacial score (nSPS) is 22.8. The Kier molecular flexibility index (Phi) is 1.89. The van der Waals surface area contributed by atoms with Gasteiger partial charge in [-0.15, -0.1) is 0 Å². The summed E-state index contributed by atoms with van der Waals surface area (Å²) in [4.78, 5) is 0. The first kappa shape index (κ1) is 7.80. The van der Waals surface area contributed by atoms with Crippen LogP contribution in [0.25, 0.3) is 0 Å². The molecule has 1 aliphatic rings. The van der Waals surface area contributed by atoms with E-state index in [9.17, 15) is 0 Å². The zero-order valence-electron chi connectivity index (χ0n) is 7.59. The van der Waals surface area contributed by atoms with Gasteiger partial charge in [0.1, 0.15) is 0 Å². The number of nitrogens with one attached hydrogen (secondary N) is 2. The number of hydrogen-bond acceptors (Lipinski definition) is 2. The lowest BCUT2D eigenvalue weighted by molar-refractivity contribution is 0.394. The third kappa shape index (κ3) is 1.14. The van der Waals surface area contributed by atoms with Gasteiger partial charge in [-0.1, -0.05) is 13.8 Å². The molecular weight excluding hydrogens is 150 g/mol. The Morgan fingerprint density at radius 1 is 1.58 bits per heavy atom. The van der Waals surface area contributed by atoms with E-state index in [1.807, 2.05) is 6.20 Å². The summed E-state index contributed by atoms with van der Waals surface area (Å²) < 4.78 is 0. The zero-order chi connectivity index (χ0) is 8.55. The van der Waals surface area contributed by atoms with Crippen molar-refractivity contribution in [1.82, 2.24) is 15.5 Å². The fourth-order valence-electron chi connectivity index (χ4n) is 1.85. The van der Waals surface area contributed by atoms with Gasteiger partial charge in [-0.2, -0.15) is 5.10 Å². The smallest absolute Gasteiger partial charge is 0.0682 e. The predicted molar refractivity (Wildman–Crippen MR) is 47.9 cm³/mol. The lowest BCUT2D eigenvalue weighted by Crippen LogP contribution is -2.32. The van der Waals surface area contributed by atoms with Gasteiger partial charge in [0.05, 0.1) is 5.69 Å². The van der Waals surface area contributed by atoms with Gasteiger partial charge in [-0.05, 0) is 5.92 Å². The van der Waals surface area contributed by atoms with Crippen molar-refractivity contribution in [3.63, 3.8) is 0 Å². The molecule has 0 fully saturated rings. The molecule has 0 saturated carbocycles. The van der Waals surface area contributed by atoms with Crippen molar-refractivity contribution in [3.05, 3.63) is 17.5 Å². The molecule has 3 heteroatoms. The molecule has 2 N–H and O–H groups in total. The molecule has 0 aromatic carbocycles. The van der Waals surface area contributed by atoms with Gasteiger partial charge in [-0.3, -0.25) is 5.10 Å². The Morgan fingerprint density at radius 2 is 2.42 bits per heavy atom. The van der Waals surface area contributed by atoms with E-state index in [0.29, 0.717) is 12.0 Å². The molecule has 1 unspecified atom stereocenters. The summed E-state index contributed by atoms with van der Waals surface area (Å²) in [6, 6.07) is 0.493. The Morgan fingerprint density at radius 3 is 3.17 bits per heavy atom. The molecule has 1 aliphatic heterocycles. The molecule has 3 nitrogen and oxygen atoms in total. The van der Waals surface area contributed by atoms with E-state index >= 15 is 0 Å². The molecular formula is C9H15N3. The third-order valence-electron chi connectivity index (χ3n) is 2.48. The van der Waals surface area contributed by atoms with Crippen molar-refractivity contribution < 1.29 is 0 Å². The summed E-state index contributed by atoms with van der Waals surface area (Å²) in [6.07, 6.45) is 3.08. The van der Waals surface area contributed by atoms with Gasteiger partial charge in [0, 0.05) is 30.8 Å². The van der Waals surface area contributed by atoms with E-state index < -0.39 is 0 Å². The maximum atomic E-state index is 4.22. The first-order valence-corrected chi connectivity index (χ1v) is 4.55. The highest BCUT2D eigenvalue weighted by atomic mass is 15.1. The van der Waals surface area contributed by atoms with Crippen LogP contribution in [-0.2, 0) is 6.42 Å². The average Bonchev–Trinajstić information content (AvgIpc) is 2.49. The Balaban J connectivity index is 2.31. The van der Waals surface area contributed by atoms with Crippen LogP contribution in [0.3, 0.4) is 0 Å². The predicted octanol–water partition coefficient (Wildman–Crippen LogP) is 1.25. The molecule has 0 saturated heterocycles. The van der Waals surface area contributed by atoms with Crippen LogP contribution < -0.4 is 5.32 Å². The highest BCUT2D eigenvalue weighted by Crippen LogP contribution is 2.26. The van der Waals surface area contributed by atoms with Gasteiger partial charge in [0.25, 0.3) is 0 Å². The first-order valence-electron chi connectivity index (χ1n) is 4.55. The van der Waals surface area contributed by atoms with E-state index in [4.69, 9.17) is 0 Å². The fraction of sp³-hybridized carbons (Fsp3) is 0.667. The van der Waals surface area contributed by atoms with Gasteiger partial charge >= 0.3 is 0 Å². The maximum Gasteiger partial charge on any atom is 0.0682 e. The Bertz CT molecular complexity index is 264. The summed E-state index contributed by atoms with van der Waals surface area (Å²) in [5.74, 6) is 0.640. The van der Waals surface area contributed by atoms with Gasteiger partial charge in [-0.25, -0.2) is 0 Å². The number of nitrogens with zero attached hydrogens (tertiary/aromatic N) is 1. The van der Waals surface area contributed by atoms with Crippen molar-refractivity contribution in [2.75, 3.05) is 6.54 Å². The minimum atomic E-state index is 0.493. The molecule has 1 aromatic heterocycles. The number of rotatable bonds is 1. The van der Waals surface area contributed by atoms with Crippen molar-refractivity contribution in [2.45, 2.75) is 26.3 Å². The van der Waals surface area contributed by atoms with E-state index in [-0.39, 0.29) is 0 Å². The van der Waals surface area contributed by atoms with Gasteiger partial charge in [0.2, 0.25) is 0 Å². The molecule has 2 rings (SSSR count). The molecule has 0 aliphatic carbocycles. The summed E-state index contributed by atoms with van der Waals surface area (Å²) in [5, 5.41) is 10.7. The summed E-state index contributed by atoms with van der Waals surface area (Å²) >= 11 is 0. The molecule has 12 heavy (non-hydrogen) atoms. The van der Waals surface area contributed by atoms with E-state index in [0.717, 1.165) is 13.0 Å². The molecule has 0 bridgehead atoms. The molecule has 2 heterocycles. The van der Waals surface area contributed by atoms with Crippen LogP contribution in [0.15, 0.2) is 6.20 Å². The summed E-state index contributed by atoms with van der Waals surface area (Å²) in [5.41, 5.74) is 2.60. The second-order valence-electron chi connectivity index (χ2n) is 3.71. The Hall–Kier alpha value is -0.830. The number of aromatic nitrogens is 2. The largest absolute Gasteiger partial charge is 0.309 e. The monoisotopic (exact) mass is 165 g/mol. The highest BCUT2D eigenvalue weighted by molar-refractivity contribution is 5.24. The summed E-state index contributed by atoms with van der Waals surface area (Å²) in [6.45, 7) is 5.53. The molecule has 1 aromatic rings. The van der Waals surface area contributed by atoms with Gasteiger partial charge < -0.3 is 5.32 Å². The lowest BCUT2D eigenvalue weighted by atomic mass is 9.93. The first-order chi connectivity index (χ1) is 5.79. The van der Waals surface area contributed by atoms with Crippen LogP contribution in [0.4, 0.5) is 0 Å². The molecule has 1 atom stereocenters. The van der Waals surface area contributed by atoms with E-state index in [2.05, 4.69) is 29.4 Å². The number of hydrogen-bond donors (Lipinski definition) is 2. The second kappa shape index (κ2) is 2.90. The zero-order valence-corrected chi connectivity index (χ0v) is 7.59. The maximum absolute atomic E-state index is 4.22. The molecule has 0 radical (unpaired) electrons. The van der Waals surface area contributed by atoms with Crippen molar-refractivity contribution in [3.8, 4) is 0 Å². The van der Waals surface area contributed by atoms with E-state index in [1.54, 1.807) is 0 Å². The number of fused-ring (bicyclic) bond motifs is 1. The molecule has 66 valence electrons. The average molecular weight is 165 g/mol. The van der Waals surface area contributed by atoms with Crippen LogP contribution in [0.1, 0.15) is 31.1 Å². The number of aromatic amines is 1. The molecule has 0 spiro atoms. The quantitative estimate of drug-likeness (QED) is 0.657. The summed E-state index contributed by atoms with van der Waals surface area (Å²) in [7, 11) is 0. The van der Waals surface area contributed by atoms with Gasteiger partial charge in [0.15, 0.2) is 0 Å². The van der Waals surface area contributed by atoms with Crippen molar-refractivity contribution in [2.24, 2.45) is 5.92 Å². The SMILES string of the molecule is CC(C)C1NCCc2n[nH]cc21. The lowest BCUT2D eigenvalue weighted by Gasteiger charge is -2.26. The van der Waals surface area contributed by atoms with E-state index in [1.165, 1.54) is 11.3 Å². The van der Waals surface area contributed by atoms with Crippen LogP contribution >= 0.6 is 0 Å². The van der Waals surface area contributed by atoms with Crippen LogP contribution in [-0.4, -0.2) is 16.7 Å².